The summed E-state index contributed by atoms with van der Waals surface area (Å²) >= 11 is 0. The van der Waals surface area contributed by atoms with Crippen molar-refractivity contribution in [2.24, 2.45) is 0 Å². The van der Waals surface area contributed by atoms with Crippen LogP contribution < -0.4 is 5.43 Å². The van der Waals surface area contributed by atoms with Crippen LogP contribution >= 0.6 is 0 Å². The van der Waals surface area contributed by atoms with E-state index in [1.165, 1.54) is 5.56 Å². The van der Waals surface area contributed by atoms with Crippen molar-refractivity contribution in [1.82, 2.24) is 9.47 Å². The first-order chi connectivity index (χ1) is 15.9. The Morgan fingerprint density at radius 1 is 1.00 bits per heavy atom. The molecule has 0 unspecified atom stereocenters. The lowest BCUT2D eigenvalue weighted by Gasteiger charge is -2.21. The predicted molar refractivity (Wildman–Crippen MR) is 134 cm³/mol. The van der Waals surface area contributed by atoms with Gasteiger partial charge in [0.1, 0.15) is 0 Å². The van der Waals surface area contributed by atoms with E-state index >= 15 is 0 Å². The Morgan fingerprint density at radius 3 is 2.48 bits per heavy atom. The zero-order chi connectivity index (χ0) is 23.5. The molecule has 33 heavy (non-hydrogen) atoms. The van der Waals surface area contributed by atoms with Gasteiger partial charge in [-0.3, -0.25) is 9.59 Å². The van der Waals surface area contributed by atoms with Crippen molar-refractivity contribution < 1.29 is 9.90 Å². The third kappa shape index (κ3) is 4.69. The number of hydrogen-bond donors (Lipinski definition) is 1. The first-order valence-electron chi connectivity index (χ1n) is 11.4. The van der Waals surface area contributed by atoms with E-state index in [1.54, 1.807) is 6.07 Å². The van der Waals surface area contributed by atoms with Crippen LogP contribution in [-0.2, 0) is 24.3 Å². The molecule has 4 rings (SSSR count). The summed E-state index contributed by atoms with van der Waals surface area (Å²) in [4.78, 5) is 27.2. The van der Waals surface area contributed by atoms with Crippen LogP contribution in [0.25, 0.3) is 21.8 Å². The molecule has 0 saturated carbocycles. The van der Waals surface area contributed by atoms with E-state index in [1.807, 2.05) is 30.3 Å². The normalized spacial score (nSPS) is 11.5. The molecule has 1 heterocycles. The molecule has 0 aliphatic rings. The third-order valence-electron chi connectivity index (χ3n) is 6.42. The summed E-state index contributed by atoms with van der Waals surface area (Å²) in [6, 6.07) is 19.8. The number of aromatic nitrogens is 1. The molecule has 0 spiro atoms. The molecule has 0 aliphatic heterocycles. The summed E-state index contributed by atoms with van der Waals surface area (Å²) < 4.78 is 2.22. The molecule has 0 radical (unpaired) electrons. The molecule has 1 aromatic heterocycles. The number of carbonyl (C=O) groups is 1. The molecule has 0 bridgehead atoms. The summed E-state index contributed by atoms with van der Waals surface area (Å²) in [6.07, 6.45) is 0.746. The van der Waals surface area contributed by atoms with Crippen molar-refractivity contribution in [2.45, 2.75) is 39.8 Å². The molecule has 0 amide bonds. The molecule has 0 atom stereocenters. The number of nitrogens with zero attached hydrogens (tertiary/aromatic N) is 2. The van der Waals surface area contributed by atoms with Crippen molar-refractivity contribution >= 4 is 27.8 Å². The minimum atomic E-state index is -0.934. The fraction of sp³-hybridized carbons (Fsp3) is 0.286. The molecule has 4 aromatic rings. The van der Waals surface area contributed by atoms with E-state index in [0.29, 0.717) is 16.3 Å². The van der Waals surface area contributed by atoms with Gasteiger partial charge in [-0.2, -0.15) is 0 Å². The Bertz CT molecular complexity index is 1370. The molecular formula is C28H30N2O3. The first kappa shape index (κ1) is 22.7. The zero-order valence-electron chi connectivity index (χ0n) is 19.5. The van der Waals surface area contributed by atoms with E-state index in [-0.39, 0.29) is 11.8 Å². The van der Waals surface area contributed by atoms with Crippen molar-refractivity contribution in [3.8, 4) is 0 Å². The molecule has 0 saturated heterocycles. The predicted octanol–water partition coefficient (Wildman–Crippen LogP) is 4.92. The molecule has 5 nitrogen and oxygen atoms in total. The molecule has 1 N–H and O–H groups in total. The van der Waals surface area contributed by atoms with Crippen molar-refractivity contribution in [2.75, 3.05) is 13.6 Å². The second kappa shape index (κ2) is 9.59. The van der Waals surface area contributed by atoms with Gasteiger partial charge in [-0.05, 0) is 68.2 Å². The van der Waals surface area contributed by atoms with Gasteiger partial charge in [0.25, 0.3) is 0 Å². The number of aliphatic carboxylic acids is 1. The van der Waals surface area contributed by atoms with Gasteiger partial charge in [-0.1, -0.05) is 48.5 Å². The average Bonchev–Trinajstić information content (AvgIpc) is 2.78. The lowest BCUT2D eigenvalue weighted by molar-refractivity contribution is -0.136. The van der Waals surface area contributed by atoms with E-state index in [0.717, 1.165) is 48.2 Å². The van der Waals surface area contributed by atoms with Crippen molar-refractivity contribution in [1.29, 1.82) is 0 Å². The van der Waals surface area contributed by atoms with Crippen LogP contribution in [0.1, 0.15) is 28.7 Å². The maximum Gasteiger partial charge on any atom is 0.307 e. The van der Waals surface area contributed by atoms with Crippen LogP contribution in [0.4, 0.5) is 0 Å². The molecule has 3 aromatic carbocycles. The summed E-state index contributed by atoms with van der Waals surface area (Å²) in [7, 11) is 2.12. The summed E-state index contributed by atoms with van der Waals surface area (Å²) in [6.45, 7) is 6.65. The van der Waals surface area contributed by atoms with Crippen LogP contribution in [0.5, 0.6) is 0 Å². The highest BCUT2D eigenvalue weighted by Crippen LogP contribution is 2.26. The Kier molecular flexibility index (Phi) is 6.61. The van der Waals surface area contributed by atoms with Gasteiger partial charge in [0.2, 0.25) is 0 Å². The molecular weight excluding hydrogens is 412 g/mol. The van der Waals surface area contributed by atoms with Crippen LogP contribution in [-0.4, -0.2) is 34.1 Å². The Balaban J connectivity index is 1.75. The van der Waals surface area contributed by atoms with Crippen LogP contribution in [0.3, 0.4) is 0 Å². The van der Waals surface area contributed by atoms with E-state index in [2.05, 4.69) is 54.6 Å². The quantitative estimate of drug-likeness (QED) is 0.394. The summed E-state index contributed by atoms with van der Waals surface area (Å²) in [5.41, 5.74) is 5.75. The van der Waals surface area contributed by atoms with Crippen molar-refractivity contribution in [3.63, 3.8) is 0 Å². The lowest BCUT2D eigenvalue weighted by Crippen LogP contribution is -2.21. The number of rotatable bonds is 8. The second-order valence-electron chi connectivity index (χ2n) is 8.84. The third-order valence-corrected chi connectivity index (χ3v) is 6.42. The highest BCUT2D eigenvalue weighted by molar-refractivity contribution is 5.97. The monoisotopic (exact) mass is 442 g/mol. The van der Waals surface area contributed by atoms with Crippen LogP contribution in [0.15, 0.2) is 65.5 Å². The number of pyridine rings is 1. The molecule has 170 valence electrons. The molecule has 5 heteroatoms. The standard InChI is InChI=1S/C28H30N2O3/c1-19-13-14-23-27(20(19)2)30(16-8-15-29(3)18-21-9-5-4-6-10-21)24-12-7-11-22(17-25(31)32)26(24)28(23)33/h4-7,9-14H,8,15-18H2,1-3H3,(H,31,32). The summed E-state index contributed by atoms with van der Waals surface area (Å²) in [5.74, 6) is -0.934. The fourth-order valence-electron chi connectivity index (χ4n) is 4.68. The van der Waals surface area contributed by atoms with Gasteiger partial charge >= 0.3 is 5.97 Å². The van der Waals surface area contributed by atoms with Gasteiger partial charge in [0, 0.05) is 18.5 Å². The largest absolute Gasteiger partial charge is 0.481 e. The highest BCUT2D eigenvalue weighted by atomic mass is 16.4. The fourth-order valence-corrected chi connectivity index (χ4v) is 4.68. The maximum atomic E-state index is 13.5. The number of carboxylic acids is 1. The number of aryl methyl sites for hydroxylation is 3. The average molecular weight is 443 g/mol. The number of fused-ring (bicyclic) bond motifs is 2. The summed E-state index contributed by atoms with van der Waals surface area (Å²) in [5, 5.41) is 10.6. The molecule has 0 aliphatic carbocycles. The second-order valence-corrected chi connectivity index (χ2v) is 8.84. The first-order valence-corrected chi connectivity index (χ1v) is 11.4. The van der Waals surface area contributed by atoms with E-state index in [4.69, 9.17) is 0 Å². The van der Waals surface area contributed by atoms with Crippen LogP contribution in [0.2, 0.25) is 0 Å². The van der Waals surface area contributed by atoms with Gasteiger partial charge in [-0.15, -0.1) is 0 Å². The SMILES string of the molecule is Cc1ccc2c(=O)c3c(CC(=O)O)cccc3n(CCCN(C)Cc3ccccc3)c2c1C. The number of carboxylic acid groups (broad SMARTS) is 1. The topological polar surface area (TPSA) is 62.5 Å². The Hall–Kier alpha value is -3.44. The Labute approximate surface area is 193 Å². The van der Waals surface area contributed by atoms with Crippen molar-refractivity contribution in [3.05, 3.63) is 93.1 Å². The van der Waals surface area contributed by atoms with Crippen LogP contribution in [0, 0.1) is 13.8 Å². The number of benzene rings is 3. The highest BCUT2D eigenvalue weighted by Gasteiger charge is 2.17. The van der Waals surface area contributed by atoms with Gasteiger partial charge in [0.15, 0.2) is 5.43 Å². The maximum absolute atomic E-state index is 13.5. The minimum absolute atomic E-state index is 0.0857. The van der Waals surface area contributed by atoms with Gasteiger partial charge in [-0.25, -0.2) is 0 Å². The Morgan fingerprint density at radius 2 is 1.76 bits per heavy atom. The molecule has 0 fully saturated rings. The zero-order valence-corrected chi connectivity index (χ0v) is 19.5. The van der Waals surface area contributed by atoms with Gasteiger partial charge < -0.3 is 14.6 Å². The minimum Gasteiger partial charge on any atom is -0.481 e. The van der Waals surface area contributed by atoms with Gasteiger partial charge in [0.05, 0.1) is 22.8 Å². The number of hydrogen-bond acceptors (Lipinski definition) is 3. The lowest BCUT2D eigenvalue weighted by atomic mass is 9.98. The smallest absolute Gasteiger partial charge is 0.307 e. The van der Waals surface area contributed by atoms with E-state index < -0.39 is 5.97 Å². The van der Waals surface area contributed by atoms with E-state index in [9.17, 15) is 14.7 Å².